The van der Waals surface area contributed by atoms with Crippen molar-refractivity contribution in [3.8, 4) is 11.6 Å². The summed E-state index contributed by atoms with van der Waals surface area (Å²) in [6.07, 6.45) is 3.67. The molecule has 1 amide bonds. The van der Waals surface area contributed by atoms with Crippen LogP contribution in [-0.4, -0.2) is 27.3 Å². The number of alkyl halides is 2. The predicted molar refractivity (Wildman–Crippen MR) is 91.8 cm³/mol. The average molecular weight is 358 g/mol. The number of nitrogens with zero attached hydrogens (tertiary/aromatic N) is 3. The summed E-state index contributed by atoms with van der Waals surface area (Å²) in [5.41, 5.74) is 1.43. The Hall–Kier alpha value is -3.29. The number of aromatic nitrogens is 3. The predicted octanol–water partition coefficient (Wildman–Crippen LogP) is 3.68. The number of carbonyl (C=O) groups excluding carboxylic acids is 1. The van der Waals surface area contributed by atoms with E-state index >= 15 is 0 Å². The van der Waals surface area contributed by atoms with Crippen molar-refractivity contribution in [2.45, 2.75) is 20.0 Å². The van der Waals surface area contributed by atoms with Crippen LogP contribution in [0.15, 0.2) is 54.9 Å². The first-order valence-corrected chi connectivity index (χ1v) is 7.93. The molecular formula is C18H16F2N4O2. The van der Waals surface area contributed by atoms with Gasteiger partial charge in [-0.15, -0.1) is 0 Å². The van der Waals surface area contributed by atoms with E-state index in [1.165, 1.54) is 24.4 Å². The molecule has 0 unspecified atom stereocenters. The lowest BCUT2D eigenvalue weighted by molar-refractivity contribution is -0.0497. The maximum Gasteiger partial charge on any atom is 0.387 e. The second-order valence-electron chi connectivity index (χ2n) is 5.32. The van der Waals surface area contributed by atoms with Crippen LogP contribution in [0.25, 0.3) is 5.82 Å². The molecule has 6 nitrogen and oxygen atoms in total. The minimum atomic E-state index is -2.93. The molecule has 0 atom stereocenters. The molecule has 3 aromatic rings. The van der Waals surface area contributed by atoms with Crippen molar-refractivity contribution in [1.82, 2.24) is 14.8 Å². The second-order valence-corrected chi connectivity index (χ2v) is 5.32. The van der Waals surface area contributed by atoms with Crippen LogP contribution in [0.5, 0.6) is 5.75 Å². The molecule has 0 spiro atoms. The Morgan fingerprint density at radius 1 is 1.27 bits per heavy atom. The summed E-state index contributed by atoms with van der Waals surface area (Å²) in [4.78, 5) is 16.8. The lowest BCUT2D eigenvalue weighted by Gasteiger charge is -2.09. The number of ether oxygens (including phenoxy) is 1. The zero-order valence-electron chi connectivity index (χ0n) is 13.9. The number of rotatable bonds is 6. The van der Waals surface area contributed by atoms with Crippen molar-refractivity contribution >= 4 is 11.6 Å². The highest BCUT2D eigenvalue weighted by atomic mass is 19.3. The normalized spacial score (nSPS) is 10.8. The van der Waals surface area contributed by atoms with Crippen LogP contribution in [0.4, 0.5) is 14.5 Å². The number of hydrogen-bond acceptors (Lipinski definition) is 4. The number of pyridine rings is 1. The molecule has 0 radical (unpaired) electrons. The van der Waals surface area contributed by atoms with Gasteiger partial charge in [-0.25, -0.2) is 9.67 Å². The van der Waals surface area contributed by atoms with Gasteiger partial charge in [0, 0.05) is 18.0 Å². The van der Waals surface area contributed by atoms with Crippen molar-refractivity contribution in [2.24, 2.45) is 0 Å². The van der Waals surface area contributed by atoms with E-state index in [4.69, 9.17) is 0 Å². The highest BCUT2D eigenvalue weighted by molar-refractivity contribution is 6.05. The first kappa shape index (κ1) is 17.5. The fourth-order valence-corrected chi connectivity index (χ4v) is 2.53. The van der Waals surface area contributed by atoms with Gasteiger partial charge >= 0.3 is 6.61 Å². The Kier molecular flexibility index (Phi) is 5.21. The molecule has 134 valence electrons. The van der Waals surface area contributed by atoms with Gasteiger partial charge < -0.3 is 10.1 Å². The first-order chi connectivity index (χ1) is 12.6. The molecule has 26 heavy (non-hydrogen) atoms. The molecular weight excluding hydrogens is 342 g/mol. The van der Waals surface area contributed by atoms with Crippen molar-refractivity contribution in [1.29, 1.82) is 0 Å². The number of nitrogens with one attached hydrogen (secondary N) is 1. The molecule has 2 aromatic heterocycles. The van der Waals surface area contributed by atoms with Crippen molar-refractivity contribution in [2.75, 3.05) is 5.32 Å². The lowest BCUT2D eigenvalue weighted by atomic mass is 10.2. The van der Waals surface area contributed by atoms with Gasteiger partial charge in [0.2, 0.25) is 0 Å². The number of amides is 1. The van der Waals surface area contributed by atoms with Gasteiger partial charge in [-0.05, 0) is 30.7 Å². The van der Waals surface area contributed by atoms with Crippen molar-refractivity contribution in [3.63, 3.8) is 0 Å². The third-order valence-electron chi connectivity index (χ3n) is 3.63. The molecule has 8 heteroatoms. The van der Waals surface area contributed by atoms with Crippen LogP contribution < -0.4 is 10.1 Å². The summed E-state index contributed by atoms with van der Waals surface area (Å²) in [7, 11) is 0. The molecule has 1 N–H and O–H groups in total. The molecule has 0 saturated heterocycles. The quantitative estimate of drug-likeness (QED) is 0.730. The number of carbonyl (C=O) groups is 1. The molecule has 0 aliphatic carbocycles. The summed E-state index contributed by atoms with van der Waals surface area (Å²) in [5.74, 6) is 0.187. The van der Waals surface area contributed by atoms with Crippen LogP contribution in [-0.2, 0) is 6.42 Å². The van der Waals surface area contributed by atoms with E-state index in [0.29, 0.717) is 29.2 Å². The Morgan fingerprint density at radius 2 is 2.12 bits per heavy atom. The van der Waals surface area contributed by atoms with Gasteiger partial charge in [-0.1, -0.05) is 19.1 Å². The Bertz CT molecular complexity index is 897. The van der Waals surface area contributed by atoms with Gasteiger partial charge in [0.05, 0.1) is 17.5 Å². The standard InChI is InChI=1S/C18H16F2N4O2/c1-2-15-14(11-22-24(15)16-8-3-4-9-21-16)17(25)23-12-6-5-7-13(10-12)26-18(19)20/h3-11,18H,2H2,1H3,(H,23,25). The highest BCUT2D eigenvalue weighted by Crippen LogP contribution is 2.21. The largest absolute Gasteiger partial charge is 0.435 e. The summed E-state index contributed by atoms with van der Waals surface area (Å²) in [6.45, 7) is -1.02. The number of hydrogen-bond donors (Lipinski definition) is 1. The molecule has 0 bridgehead atoms. The van der Waals surface area contributed by atoms with Crippen LogP contribution in [0.2, 0.25) is 0 Å². The number of benzene rings is 1. The molecule has 0 aliphatic heterocycles. The third kappa shape index (κ3) is 3.85. The van der Waals surface area contributed by atoms with E-state index < -0.39 is 12.5 Å². The molecule has 3 rings (SSSR count). The monoisotopic (exact) mass is 358 g/mol. The van der Waals surface area contributed by atoms with Crippen molar-refractivity contribution in [3.05, 3.63) is 66.1 Å². The van der Waals surface area contributed by atoms with Gasteiger partial charge in [-0.3, -0.25) is 4.79 Å². The Balaban J connectivity index is 1.84. The fraction of sp³-hybridized carbons (Fsp3) is 0.167. The number of anilines is 1. The minimum Gasteiger partial charge on any atom is -0.435 e. The minimum absolute atomic E-state index is 0.0299. The van der Waals surface area contributed by atoms with Crippen LogP contribution in [0.3, 0.4) is 0 Å². The fourth-order valence-electron chi connectivity index (χ4n) is 2.53. The van der Waals surface area contributed by atoms with E-state index in [-0.39, 0.29) is 5.75 Å². The van der Waals surface area contributed by atoms with Crippen LogP contribution >= 0.6 is 0 Å². The highest BCUT2D eigenvalue weighted by Gasteiger charge is 2.18. The van der Waals surface area contributed by atoms with E-state index in [1.807, 2.05) is 13.0 Å². The van der Waals surface area contributed by atoms with Gasteiger partial charge in [0.1, 0.15) is 5.75 Å². The average Bonchev–Trinajstić information content (AvgIpc) is 3.06. The van der Waals surface area contributed by atoms with E-state index in [1.54, 1.807) is 29.1 Å². The first-order valence-electron chi connectivity index (χ1n) is 7.93. The zero-order valence-corrected chi connectivity index (χ0v) is 13.9. The van der Waals surface area contributed by atoms with Gasteiger partial charge in [-0.2, -0.15) is 13.9 Å². The molecule has 0 aliphatic rings. The van der Waals surface area contributed by atoms with Crippen molar-refractivity contribution < 1.29 is 18.3 Å². The van der Waals surface area contributed by atoms with Gasteiger partial charge in [0.15, 0.2) is 5.82 Å². The molecule has 1 aromatic carbocycles. The molecule has 2 heterocycles. The van der Waals surface area contributed by atoms with E-state index in [0.717, 1.165) is 0 Å². The summed E-state index contributed by atoms with van der Waals surface area (Å²) in [6, 6.07) is 11.2. The maximum absolute atomic E-state index is 12.6. The van der Waals surface area contributed by atoms with Crippen LogP contribution in [0, 0.1) is 0 Å². The lowest BCUT2D eigenvalue weighted by Crippen LogP contribution is -2.14. The zero-order chi connectivity index (χ0) is 18.5. The number of halogens is 2. The topological polar surface area (TPSA) is 69.0 Å². The third-order valence-corrected chi connectivity index (χ3v) is 3.63. The second kappa shape index (κ2) is 7.73. The summed E-state index contributed by atoms with van der Waals surface area (Å²) >= 11 is 0. The molecule has 0 fully saturated rings. The summed E-state index contributed by atoms with van der Waals surface area (Å²) in [5, 5.41) is 6.92. The SMILES string of the molecule is CCc1c(C(=O)Nc2cccc(OC(F)F)c2)cnn1-c1ccccn1. The molecule has 0 saturated carbocycles. The van der Waals surface area contributed by atoms with Crippen LogP contribution in [0.1, 0.15) is 23.0 Å². The van der Waals surface area contributed by atoms with E-state index in [2.05, 4.69) is 20.1 Å². The Labute approximate surface area is 148 Å². The smallest absolute Gasteiger partial charge is 0.387 e. The summed E-state index contributed by atoms with van der Waals surface area (Å²) < 4.78 is 30.6. The van der Waals surface area contributed by atoms with Gasteiger partial charge in [0.25, 0.3) is 5.91 Å². The Morgan fingerprint density at radius 3 is 2.81 bits per heavy atom. The maximum atomic E-state index is 12.6. The van der Waals surface area contributed by atoms with E-state index in [9.17, 15) is 13.6 Å².